The van der Waals surface area contributed by atoms with Crippen molar-refractivity contribution in [3.05, 3.63) is 107 Å². The number of hydrogen-bond acceptors (Lipinski definition) is 2. The highest BCUT2D eigenvalue weighted by atomic mass is 32.1. The number of benzene rings is 5. The number of halogens is 4. The lowest BCUT2D eigenvalue weighted by Crippen LogP contribution is -2.43. The van der Waals surface area contributed by atoms with Gasteiger partial charge in [0.1, 0.15) is 39.4 Å². The first-order valence-electron chi connectivity index (χ1n) is 21.2. The van der Waals surface area contributed by atoms with Crippen LogP contribution in [0.3, 0.4) is 0 Å². The van der Waals surface area contributed by atoms with Gasteiger partial charge in [0.15, 0.2) is 0 Å². The van der Waals surface area contributed by atoms with Crippen molar-refractivity contribution < 1.29 is 17.6 Å². The van der Waals surface area contributed by atoms with Crippen molar-refractivity contribution in [1.29, 1.82) is 0 Å². The first kappa shape index (κ1) is 43.9. The number of thiophene rings is 2. The highest BCUT2D eigenvalue weighted by Gasteiger charge is 2.43. The zero-order valence-corrected chi connectivity index (χ0v) is 40.4. The summed E-state index contributed by atoms with van der Waals surface area (Å²) >= 11 is 3.03. The summed E-state index contributed by atoms with van der Waals surface area (Å²) in [5.41, 5.74) is 13.5. The third kappa shape index (κ3) is 7.68. The Labute approximate surface area is 363 Å². The zero-order chi connectivity index (χ0) is 43.6. The molecule has 0 spiro atoms. The molecule has 2 heterocycles. The highest BCUT2D eigenvalue weighted by Crippen LogP contribution is 2.46. The van der Waals surface area contributed by atoms with E-state index in [0.717, 1.165) is 74.7 Å². The van der Waals surface area contributed by atoms with Gasteiger partial charge in [-0.05, 0) is 127 Å². The molecule has 0 bridgehead atoms. The average Bonchev–Trinajstić information content (AvgIpc) is 3.76. The minimum Gasteiger partial charge on any atom is -0.207 e. The van der Waals surface area contributed by atoms with Gasteiger partial charge in [0.25, 0.3) is 0 Å². The van der Waals surface area contributed by atoms with Crippen LogP contribution in [0.1, 0.15) is 94.2 Å². The SMILES string of the molecule is CC(C)[Si](C#Cc1c2cc3cc(-c4cc(F)cc(F)c4)sc3cc2c(C#C[Si](C(C)C)(C(C)C)C(C)C)c2cc3cc(-c4cc(F)cc(F)c4)sc3cc12)(C(C)C)C(C)C. The van der Waals surface area contributed by atoms with E-state index in [-0.39, 0.29) is 0 Å². The van der Waals surface area contributed by atoms with Crippen molar-refractivity contribution in [2.24, 2.45) is 0 Å². The molecular formula is C52H54F4S2Si2. The van der Waals surface area contributed by atoms with Crippen LogP contribution in [-0.4, -0.2) is 16.1 Å². The lowest BCUT2D eigenvalue weighted by molar-refractivity contribution is 0.583. The van der Waals surface area contributed by atoms with E-state index in [1.807, 2.05) is 12.1 Å². The molecular weight excluding hydrogens is 821 g/mol. The summed E-state index contributed by atoms with van der Waals surface area (Å²) in [6, 6.07) is 20.2. The van der Waals surface area contributed by atoms with Gasteiger partial charge in [-0.15, -0.1) is 33.8 Å². The summed E-state index contributed by atoms with van der Waals surface area (Å²) in [6.07, 6.45) is 0. The van der Waals surface area contributed by atoms with Crippen molar-refractivity contribution >= 4 is 80.5 Å². The fraction of sp³-hybridized carbons (Fsp3) is 0.346. The maximum Gasteiger partial charge on any atom is 0.146 e. The molecule has 0 aliphatic rings. The van der Waals surface area contributed by atoms with Gasteiger partial charge in [0.05, 0.1) is 0 Å². The van der Waals surface area contributed by atoms with E-state index in [2.05, 4.69) is 130 Å². The van der Waals surface area contributed by atoms with Gasteiger partial charge >= 0.3 is 0 Å². The van der Waals surface area contributed by atoms with E-state index in [0.29, 0.717) is 44.4 Å². The fourth-order valence-electron chi connectivity index (χ4n) is 10.4. The van der Waals surface area contributed by atoms with Crippen LogP contribution in [-0.2, 0) is 0 Å². The third-order valence-electron chi connectivity index (χ3n) is 13.2. The van der Waals surface area contributed by atoms with Crippen LogP contribution in [0.4, 0.5) is 17.6 Å². The van der Waals surface area contributed by atoms with Gasteiger partial charge in [0.2, 0.25) is 0 Å². The Bertz CT molecular complexity index is 2550. The Morgan fingerprint density at radius 3 is 0.950 bits per heavy atom. The minimum atomic E-state index is -2.21. The monoisotopic (exact) mass is 874 g/mol. The van der Waals surface area contributed by atoms with E-state index >= 15 is 0 Å². The second kappa shape index (κ2) is 16.6. The molecule has 60 heavy (non-hydrogen) atoms. The van der Waals surface area contributed by atoms with Crippen LogP contribution in [0.25, 0.3) is 62.6 Å². The van der Waals surface area contributed by atoms with Crippen molar-refractivity contribution in [3.8, 4) is 43.8 Å². The van der Waals surface area contributed by atoms with Gasteiger partial charge in [-0.2, -0.15) is 0 Å². The van der Waals surface area contributed by atoms with Gasteiger partial charge in [-0.1, -0.05) is 94.9 Å². The summed E-state index contributed by atoms with van der Waals surface area (Å²) in [4.78, 5) is 1.56. The van der Waals surface area contributed by atoms with Crippen molar-refractivity contribution in [1.82, 2.24) is 0 Å². The van der Waals surface area contributed by atoms with E-state index < -0.39 is 39.4 Å². The molecule has 2 aromatic heterocycles. The summed E-state index contributed by atoms with van der Waals surface area (Å²) in [5.74, 6) is 5.33. The summed E-state index contributed by atoms with van der Waals surface area (Å²) in [6.45, 7) is 27.9. The van der Waals surface area contributed by atoms with E-state index in [1.165, 1.54) is 46.9 Å². The molecule has 0 radical (unpaired) electrons. The number of hydrogen-bond donors (Lipinski definition) is 0. The molecule has 0 fully saturated rings. The maximum atomic E-state index is 14.5. The predicted octanol–water partition coefficient (Wildman–Crippen LogP) is 17.5. The quantitative estimate of drug-likeness (QED) is 0.0618. The molecule has 7 rings (SSSR count). The normalized spacial score (nSPS) is 12.6. The Morgan fingerprint density at radius 2 is 0.667 bits per heavy atom. The predicted molar refractivity (Wildman–Crippen MR) is 259 cm³/mol. The van der Waals surface area contributed by atoms with Gasteiger partial charge in [-0.3, -0.25) is 0 Å². The van der Waals surface area contributed by atoms with E-state index in [4.69, 9.17) is 0 Å². The molecule has 0 saturated carbocycles. The smallest absolute Gasteiger partial charge is 0.146 e. The molecule has 0 aliphatic carbocycles. The Hall–Kier alpha value is -4.19. The molecule has 0 atom stereocenters. The van der Waals surface area contributed by atoms with Crippen LogP contribution in [0.5, 0.6) is 0 Å². The summed E-state index contributed by atoms with van der Waals surface area (Å²) < 4.78 is 60.1. The lowest BCUT2D eigenvalue weighted by Gasteiger charge is -2.38. The van der Waals surface area contributed by atoms with Crippen molar-refractivity contribution in [2.75, 3.05) is 0 Å². The largest absolute Gasteiger partial charge is 0.207 e. The minimum absolute atomic E-state index is 0.421. The van der Waals surface area contributed by atoms with Crippen LogP contribution in [0, 0.1) is 46.2 Å². The Kier molecular flexibility index (Phi) is 12.1. The zero-order valence-electron chi connectivity index (χ0n) is 36.7. The van der Waals surface area contributed by atoms with E-state index in [9.17, 15) is 17.6 Å². The first-order valence-corrected chi connectivity index (χ1v) is 27.3. The molecule has 5 aromatic carbocycles. The second-order valence-corrected chi connectivity index (χ2v) is 31.8. The molecule has 0 saturated heterocycles. The molecule has 0 nitrogen and oxygen atoms in total. The van der Waals surface area contributed by atoms with Gasteiger partial charge in [0, 0.05) is 53.2 Å². The second-order valence-electron chi connectivity index (χ2n) is 18.5. The molecule has 0 N–H and O–H groups in total. The number of rotatable bonds is 8. The van der Waals surface area contributed by atoms with Crippen LogP contribution in [0.15, 0.2) is 72.8 Å². The lowest BCUT2D eigenvalue weighted by atomic mass is 9.91. The Balaban J connectivity index is 1.67. The molecule has 7 aromatic rings. The van der Waals surface area contributed by atoms with Crippen LogP contribution in [0.2, 0.25) is 33.2 Å². The maximum absolute atomic E-state index is 14.5. The standard InChI is InChI=1S/C52H54F4S2Si2/c1-29(2)59(30(3)4,31(5)6)15-13-43-45-21-37-23-49(35-17-39(53)25-40(54)18-35)58-52(37)28-48(45)44(14-16-60(32(7)8,33(9)10)34(11)12)46-22-38-24-50(57-51(38)27-47(43)46)36-19-41(55)26-42(56)20-36/h17-34H,1-12H3. The van der Waals surface area contributed by atoms with Crippen LogP contribution >= 0.6 is 22.7 Å². The molecule has 8 heteroatoms. The molecule has 310 valence electrons. The van der Waals surface area contributed by atoms with Crippen molar-refractivity contribution in [2.45, 2.75) is 116 Å². The van der Waals surface area contributed by atoms with Crippen molar-refractivity contribution in [3.63, 3.8) is 0 Å². The fourth-order valence-corrected chi connectivity index (χ4v) is 23.0. The van der Waals surface area contributed by atoms with Gasteiger partial charge in [-0.25, -0.2) is 17.6 Å². The Morgan fingerprint density at radius 1 is 0.383 bits per heavy atom. The summed E-state index contributed by atoms with van der Waals surface area (Å²) in [5, 5.41) is 5.92. The molecule has 0 unspecified atom stereocenters. The highest BCUT2D eigenvalue weighted by molar-refractivity contribution is 7.22. The summed E-state index contributed by atoms with van der Waals surface area (Å²) in [7, 11) is -4.41. The third-order valence-corrected chi connectivity index (χ3v) is 28.1. The van der Waals surface area contributed by atoms with Crippen LogP contribution < -0.4 is 0 Å². The molecule has 0 aliphatic heterocycles. The average molecular weight is 875 g/mol. The van der Waals surface area contributed by atoms with Gasteiger partial charge < -0.3 is 0 Å². The van der Waals surface area contributed by atoms with E-state index in [1.54, 1.807) is 0 Å². The number of fused-ring (bicyclic) bond motifs is 4. The topological polar surface area (TPSA) is 0 Å². The first-order chi connectivity index (χ1) is 28.3. The molecule has 0 amide bonds.